The molecule has 0 amide bonds. The first-order chi connectivity index (χ1) is 9.55. The number of imidazole rings is 1. The van der Waals surface area contributed by atoms with Crippen LogP contribution < -0.4 is 0 Å². The largest absolute Gasteiger partial charge is 0.326 e. The summed E-state index contributed by atoms with van der Waals surface area (Å²) in [7, 11) is 0. The van der Waals surface area contributed by atoms with E-state index in [0.29, 0.717) is 0 Å². The van der Waals surface area contributed by atoms with Gasteiger partial charge in [-0.15, -0.1) is 0 Å². The summed E-state index contributed by atoms with van der Waals surface area (Å²) in [4.78, 5) is 16.7. The van der Waals surface area contributed by atoms with Gasteiger partial charge < -0.3 is 4.57 Å². The summed E-state index contributed by atoms with van der Waals surface area (Å²) >= 11 is 1.70. The van der Waals surface area contributed by atoms with Crippen molar-refractivity contribution in [3.63, 3.8) is 0 Å². The van der Waals surface area contributed by atoms with Gasteiger partial charge in [0, 0.05) is 30.1 Å². The predicted octanol–water partition coefficient (Wildman–Crippen LogP) is 4.58. The van der Waals surface area contributed by atoms with Crippen molar-refractivity contribution in [3.8, 4) is 0 Å². The Bertz CT molecular complexity index is 516. The molecule has 4 heteroatoms. The van der Waals surface area contributed by atoms with Crippen LogP contribution in [0.1, 0.15) is 48.5 Å². The van der Waals surface area contributed by atoms with Gasteiger partial charge in [0.05, 0.1) is 0 Å². The summed E-state index contributed by atoms with van der Waals surface area (Å²) < 4.78 is 2.12. The highest BCUT2D eigenvalue weighted by Crippen LogP contribution is 2.32. The molecular formula is C17H28N2OS. The Morgan fingerprint density at radius 1 is 1.24 bits per heavy atom. The van der Waals surface area contributed by atoms with E-state index in [1.165, 1.54) is 0 Å². The van der Waals surface area contributed by atoms with Crippen molar-refractivity contribution < 1.29 is 4.79 Å². The van der Waals surface area contributed by atoms with E-state index in [4.69, 9.17) is 0 Å². The number of thioether (sulfide) groups is 1. The fraction of sp³-hybridized carbons (Fsp3) is 0.647. The van der Waals surface area contributed by atoms with Crippen LogP contribution in [0.2, 0.25) is 0 Å². The highest BCUT2D eigenvalue weighted by atomic mass is 32.2. The molecule has 0 unspecified atom stereocenters. The van der Waals surface area contributed by atoms with Crippen molar-refractivity contribution >= 4 is 17.5 Å². The van der Waals surface area contributed by atoms with Crippen molar-refractivity contribution in [3.05, 3.63) is 24.0 Å². The lowest BCUT2D eigenvalue weighted by Crippen LogP contribution is -2.21. The lowest BCUT2D eigenvalue weighted by molar-refractivity contribution is -0.121. The predicted molar refractivity (Wildman–Crippen MR) is 90.6 cm³/mol. The Kier molecular flexibility index (Phi) is 5.85. The van der Waals surface area contributed by atoms with Gasteiger partial charge in [-0.1, -0.05) is 58.9 Å². The van der Waals surface area contributed by atoms with Gasteiger partial charge in [0.1, 0.15) is 0 Å². The summed E-state index contributed by atoms with van der Waals surface area (Å²) in [6.07, 6.45) is 5.65. The number of allylic oxidation sites excluding steroid dienone is 1. The molecule has 1 heterocycles. The van der Waals surface area contributed by atoms with E-state index in [1.54, 1.807) is 11.8 Å². The number of carbonyl (C=O) groups excluding carboxylic acids is 1. The Morgan fingerprint density at radius 3 is 2.33 bits per heavy atom. The second-order valence-electron chi connectivity index (χ2n) is 7.32. The molecule has 1 aromatic rings. The highest BCUT2D eigenvalue weighted by molar-refractivity contribution is 7.99. The van der Waals surface area contributed by atoms with Crippen LogP contribution >= 0.6 is 11.8 Å². The van der Waals surface area contributed by atoms with Gasteiger partial charge >= 0.3 is 0 Å². The van der Waals surface area contributed by atoms with Crippen LogP contribution in [-0.2, 0) is 11.3 Å². The third kappa shape index (κ3) is 5.34. The quantitative estimate of drug-likeness (QED) is 0.590. The average molecular weight is 308 g/mol. The van der Waals surface area contributed by atoms with Crippen LogP contribution in [0.15, 0.2) is 29.2 Å². The number of carbonyl (C=O) groups is 1. The minimum absolute atomic E-state index is 0.0163. The van der Waals surface area contributed by atoms with Crippen molar-refractivity contribution in [2.75, 3.05) is 5.75 Å². The number of nitrogens with zero attached hydrogens (tertiary/aromatic N) is 2. The van der Waals surface area contributed by atoms with Crippen LogP contribution in [0.3, 0.4) is 0 Å². The van der Waals surface area contributed by atoms with E-state index in [-0.39, 0.29) is 16.6 Å². The topological polar surface area (TPSA) is 34.9 Å². The molecule has 0 aliphatic rings. The number of aromatic nitrogens is 2. The molecule has 0 saturated carbocycles. The summed E-state index contributed by atoms with van der Waals surface area (Å²) in [6.45, 7) is 15.4. The van der Waals surface area contributed by atoms with Crippen LogP contribution in [0.25, 0.3) is 0 Å². The van der Waals surface area contributed by atoms with Gasteiger partial charge in [0.15, 0.2) is 10.9 Å². The zero-order valence-corrected chi connectivity index (χ0v) is 15.2. The first-order valence-corrected chi connectivity index (χ1v) is 8.43. The number of ketones is 1. The van der Waals surface area contributed by atoms with Gasteiger partial charge in [-0.3, -0.25) is 4.79 Å². The lowest BCUT2D eigenvalue weighted by Gasteiger charge is -2.24. The van der Waals surface area contributed by atoms with Crippen LogP contribution in [0.4, 0.5) is 0 Å². The molecular weight excluding hydrogens is 280 g/mol. The second kappa shape index (κ2) is 6.82. The summed E-state index contributed by atoms with van der Waals surface area (Å²) in [6, 6.07) is 0. The zero-order chi connectivity index (χ0) is 16.3. The Labute approximate surface area is 133 Å². The minimum atomic E-state index is -0.330. The Morgan fingerprint density at radius 2 is 1.86 bits per heavy atom. The molecule has 0 bridgehead atoms. The molecule has 21 heavy (non-hydrogen) atoms. The SMILES string of the molecule is CCn1ccnc1SC/C(=C/C(=O)C(C)(C)C)C(C)(C)C. The fourth-order valence-electron chi connectivity index (χ4n) is 1.67. The first-order valence-electron chi connectivity index (χ1n) is 7.45. The van der Waals surface area contributed by atoms with E-state index in [9.17, 15) is 4.79 Å². The van der Waals surface area contributed by atoms with Gasteiger partial charge in [0.25, 0.3) is 0 Å². The van der Waals surface area contributed by atoms with E-state index >= 15 is 0 Å². The average Bonchev–Trinajstić information content (AvgIpc) is 2.78. The van der Waals surface area contributed by atoms with Gasteiger partial charge in [-0.2, -0.15) is 0 Å². The van der Waals surface area contributed by atoms with Crippen molar-refractivity contribution in [2.24, 2.45) is 10.8 Å². The maximum atomic E-state index is 12.3. The fourth-order valence-corrected chi connectivity index (χ4v) is 2.96. The van der Waals surface area contributed by atoms with E-state index in [0.717, 1.165) is 23.0 Å². The monoisotopic (exact) mass is 308 g/mol. The molecule has 0 radical (unpaired) electrons. The van der Waals surface area contributed by atoms with Gasteiger partial charge in [-0.05, 0) is 18.4 Å². The van der Waals surface area contributed by atoms with Crippen LogP contribution in [0.5, 0.6) is 0 Å². The Balaban J connectivity index is 2.91. The van der Waals surface area contributed by atoms with Gasteiger partial charge in [0.2, 0.25) is 0 Å². The van der Waals surface area contributed by atoms with Crippen LogP contribution in [-0.4, -0.2) is 21.1 Å². The lowest BCUT2D eigenvalue weighted by atomic mass is 9.83. The summed E-state index contributed by atoms with van der Waals surface area (Å²) in [5.41, 5.74) is 0.818. The number of hydrogen-bond acceptors (Lipinski definition) is 3. The van der Waals surface area contributed by atoms with E-state index < -0.39 is 0 Å². The van der Waals surface area contributed by atoms with Crippen molar-refractivity contribution in [1.82, 2.24) is 9.55 Å². The third-order valence-corrected chi connectivity index (χ3v) is 4.44. The van der Waals surface area contributed by atoms with E-state index in [2.05, 4.69) is 37.2 Å². The Hall–Kier alpha value is -1.03. The smallest absolute Gasteiger partial charge is 0.168 e. The molecule has 3 nitrogen and oxygen atoms in total. The number of aryl methyl sites for hydroxylation is 1. The molecule has 1 rings (SSSR count). The molecule has 1 aromatic heterocycles. The maximum absolute atomic E-state index is 12.3. The molecule has 0 fully saturated rings. The third-order valence-electron chi connectivity index (χ3n) is 3.38. The summed E-state index contributed by atoms with van der Waals surface area (Å²) in [5, 5.41) is 1.01. The van der Waals surface area contributed by atoms with Crippen LogP contribution in [0, 0.1) is 10.8 Å². The zero-order valence-electron chi connectivity index (χ0n) is 14.4. The maximum Gasteiger partial charge on any atom is 0.168 e. The second-order valence-corrected chi connectivity index (χ2v) is 8.26. The van der Waals surface area contributed by atoms with E-state index in [1.807, 2.05) is 39.2 Å². The molecule has 0 atom stereocenters. The van der Waals surface area contributed by atoms with Crippen molar-refractivity contribution in [2.45, 2.75) is 60.2 Å². The minimum Gasteiger partial charge on any atom is -0.326 e. The summed E-state index contributed by atoms with van der Waals surface area (Å²) in [5.74, 6) is 0.981. The number of rotatable bonds is 5. The first kappa shape index (κ1) is 18.0. The number of hydrogen-bond donors (Lipinski definition) is 0. The standard InChI is InChI=1S/C17H28N2OS/c1-8-19-10-9-18-15(19)21-12-13(16(2,3)4)11-14(20)17(5,6)7/h9-11H,8,12H2,1-7H3/b13-11-. The van der Waals surface area contributed by atoms with Crippen molar-refractivity contribution in [1.29, 1.82) is 0 Å². The normalized spacial score (nSPS) is 13.6. The highest BCUT2D eigenvalue weighted by Gasteiger charge is 2.24. The molecule has 0 aliphatic carbocycles. The molecule has 118 valence electrons. The molecule has 0 spiro atoms. The molecule has 0 saturated heterocycles. The molecule has 0 aliphatic heterocycles. The molecule has 0 aromatic carbocycles. The molecule has 0 N–H and O–H groups in total. The van der Waals surface area contributed by atoms with Gasteiger partial charge in [-0.25, -0.2) is 4.98 Å².